The highest BCUT2D eigenvalue weighted by molar-refractivity contribution is 6.30. The molecule has 2 aromatic carbocycles. The van der Waals surface area contributed by atoms with Gasteiger partial charge < -0.3 is 25.4 Å². The van der Waals surface area contributed by atoms with Crippen molar-refractivity contribution in [1.29, 1.82) is 0 Å². The van der Waals surface area contributed by atoms with E-state index in [4.69, 9.17) is 11.6 Å². The molecule has 214 valence electrons. The largest absolute Gasteiger partial charge is 0.348 e. The fourth-order valence-electron chi connectivity index (χ4n) is 5.89. The number of amides is 4. The zero-order chi connectivity index (χ0) is 29.0. The van der Waals surface area contributed by atoms with E-state index < -0.39 is 17.9 Å². The van der Waals surface area contributed by atoms with Gasteiger partial charge in [-0.2, -0.15) is 0 Å². The number of urea groups is 1. The number of carbonyl (C=O) groups excluding carboxylic acids is 4. The molecule has 0 radical (unpaired) electrons. The Morgan fingerprint density at radius 3 is 2.63 bits per heavy atom. The Labute approximate surface area is 241 Å². The number of carbonyl (C=O) groups is 4. The highest BCUT2D eigenvalue weighted by Crippen LogP contribution is 2.48. The molecule has 0 unspecified atom stereocenters. The first-order chi connectivity index (χ1) is 19.6. The number of rotatable bonds is 8. The van der Waals surface area contributed by atoms with Gasteiger partial charge in [-0.3, -0.25) is 14.4 Å². The first-order valence-corrected chi connectivity index (χ1v) is 14.2. The summed E-state index contributed by atoms with van der Waals surface area (Å²) in [6, 6.07) is 8.51. The molecule has 1 saturated heterocycles. The van der Waals surface area contributed by atoms with Crippen LogP contribution in [0.3, 0.4) is 0 Å². The minimum Gasteiger partial charge on any atom is -0.348 e. The molecule has 1 aromatic heterocycles. The van der Waals surface area contributed by atoms with Crippen LogP contribution >= 0.6 is 11.6 Å². The average molecular weight is 580 g/mol. The number of benzene rings is 2. The van der Waals surface area contributed by atoms with Gasteiger partial charge in [-0.15, -0.1) is 0 Å². The number of nitrogens with zero attached hydrogens (tertiary/aromatic N) is 2. The van der Waals surface area contributed by atoms with Gasteiger partial charge in [0.1, 0.15) is 18.4 Å². The molecule has 2 heterocycles. The van der Waals surface area contributed by atoms with E-state index in [2.05, 4.69) is 16.0 Å². The number of Topliss-reactive ketones (excluding diaryl/α,β-unsaturated/α-hetero) is 1. The number of piperidine rings is 1. The SMILES string of the molecule is CC(=O)c1cn(CC(=O)N2[C@H](C(=O)N[C@H](C)c3cccc(Cl)c3F)C[C@H]3C[C@@H]32)c2ccc(NC(=O)NC3CC3)cc12. The van der Waals surface area contributed by atoms with Crippen molar-refractivity contribution in [2.75, 3.05) is 5.32 Å². The molecule has 2 aliphatic carbocycles. The molecule has 3 fully saturated rings. The van der Waals surface area contributed by atoms with Gasteiger partial charge in [0, 0.05) is 46.0 Å². The van der Waals surface area contributed by atoms with Crippen molar-refractivity contribution >= 4 is 51.8 Å². The van der Waals surface area contributed by atoms with Crippen LogP contribution in [-0.2, 0) is 16.1 Å². The highest BCUT2D eigenvalue weighted by atomic mass is 35.5. The van der Waals surface area contributed by atoms with Gasteiger partial charge in [0.25, 0.3) is 0 Å². The number of nitrogens with one attached hydrogen (secondary N) is 3. The van der Waals surface area contributed by atoms with Crippen molar-refractivity contribution in [2.45, 2.75) is 70.2 Å². The van der Waals surface area contributed by atoms with Crippen LogP contribution in [0.4, 0.5) is 14.9 Å². The molecule has 2 saturated carbocycles. The lowest BCUT2D eigenvalue weighted by Crippen LogP contribution is -2.49. The predicted molar refractivity (Wildman–Crippen MR) is 152 cm³/mol. The first kappa shape index (κ1) is 27.3. The molecule has 3 aliphatic rings. The van der Waals surface area contributed by atoms with Crippen molar-refractivity contribution in [1.82, 2.24) is 20.1 Å². The number of fused-ring (bicyclic) bond motifs is 2. The normalized spacial score (nSPS) is 21.8. The third-order valence-electron chi connectivity index (χ3n) is 8.24. The quantitative estimate of drug-likeness (QED) is 0.333. The Morgan fingerprint density at radius 1 is 1.12 bits per heavy atom. The van der Waals surface area contributed by atoms with Crippen molar-refractivity contribution in [3.05, 3.63) is 64.6 Å². The van der Waals surface area contributed by atoms with Crippen LogP contribution in [0.15, 0.2) is 42.6 Å². The smallest absolute Gasteiger partial charge is 0.319 e. The van der Waals surface area contributed by atoms with Gasteiger partial charge in [-0.25, -0.2) is 9.18 Å². The fourth-order valence-corrected chi connectivity index (χ4v) is 6.07. The maximum absolute atomic E-state index is 14.5. The molecule has 3 aromatic rings. The summed E-state index contributed by atoms with van der Waals surface area (Å²) in [6.07, 6.45) is 4.99. The zero-order valence-corrected chi connectivity index (χ0v) is 23.5. The third kappa shape index (κ3) is 5.40. The second-order valence-corrected chi connectivity index (χ2v) is 11.7. The fraction of sp³-hybridized carbons (Fsp3) is 0.400. The standard InChI is InChI=1S/C30H31ClFN5O4/c1-15(20-4-3-5-23(31)28(20)32)33-29(40)26-11-17-10-25(17)37(26)27(39)14-36-13-22(16(2)38)21-12-19(8-9-24(21)36)35-30(41)34-18-6-7-18/h3-5,8-9,12-13,15,17-18,25-26H,6-7,10-11,14H2,1-2H3,(H,33,40)(H2,34,35,41)/t15-,17-,25+,26+/m1/s1. The van der Waals surface area contributed by atoms with Crippen LogP contribution in [0.25, 0.3) is 10.9 Å². The molecule has 3 N–H and O–H groups in total. The second-order valence-electron chi connectivity index (χ2n) is 11.3. The minimum atomic E-state index is -0.661. The predicted octanol–water partition coefficient (Wildman–Crippen LogP) is 4.79. The van der Waals surface area contributed by atoms with Crippen LogP contribution in [0.5, 0.6) is 0 Å². The van der Waals surface area contributed by atoms with E-state index in [1.807, 2.05) is 0 Å². The summed E-state index contributed by atoms with van der Waals surface area (Å²) in [4.78, 5) is 53.3. The Kier molecular flexibility index (Phi) is 6.97. The van der Waals surface area contributed by atoms with E-state index in [0.717, 1.165) is 19.3 Å². The molecule has 0 spiro atoms. The number of hydrogen-bond acceptors (Lipinski definition) is 4. The van der Waals surface area contributed by atoms with Gasteiger partial charge in [-0.05, 0) is 69.7 Å². The van der Waals surface area contributed by atoms with E-state index >= 15 is 0 Å². The van der Waals surface area contributed by atoms with Gasteiger partial charge in [0.15, 0.2) is 5.78 Å². The summed E-state index contributed by atoms with van der Waals surface area (Å²) in [5.74, 6) is -1.04. The molecular formula is C30H31ClFN5O4. The van der Waals surface area contributed by atoms with Crippen LogP contribution in [0, 0.1) is 11.7 Å². The highest BCUT2D eigenvalue weighted by Gasteiger charge is 2.56. The first-order valence-electron chi connectivity index (χ1n) is 13.9. The van der Waals surface area contributed by atoms with Crippen LogP contribution in [-0.4, -0.2) is 51.2 Å². The lowest BCUT2D eigenvalue weighted by atomic mass is 10.1. The molecule has 4 amide bonds. The Hall–Kier alpha value is -3.92. The lowest BCUT2D eigenvalue weighted by molar-refractivity contribution is -0.140. The van der Waals surface area contributed by atoms with E-state index in [-0.39, 0.29) is 58.8 Å². The van der Waals surface area contributed by atoms with E-state index in [9.17, 15) is 23.6 Å². The molecular weight excluding hydrogens is 549 g/mol. The summed E-state index contributed by atoms with van der Waals surface area (Å²) >= 11 is 5.92. The van der Waals surface area contributed by atoms with Gasteiger partial charge in [0.2, 0.25) is 11.8 Å². The lowest BCUT2D eigenvalue weighted by Gasteiger charge is -2.28. The molecule has 41 heavy (non-hydrogen) atoms. The Bertz CT molecular complexity index is 1580. The number of halogens is 2. The average Bonchev–Trinajstić information content (AvgIpc) is 3.83. The number of likely N-dealkylation sites (tertiary alicyclic amines) is 1. The van der Waals surface area contributed by atoms with E-state index in [1.54, 1.807) is 52.9 Å². The zero-order valence-electron chi connectivity index (χ0n) is 22.7. The number of hydrogen-bond donors (Lipinski definition) is 3. The van der Waals surface area contributed by atoms with E-state index in [1.165, 1.54) is 13.0 Å². The number of anilines is 1. The molecule has 1 aliphatic heterocycles. The number of aromatic nitrogens is 1. The number of ketones is 1. The molecule has 6 rings (SSSR count). The molecule has 9 nitrogen and oxygen atoms in total. The van der Waals surface area contributed by atoms with Crippen LogP contribution in [0.1, 0.15) is 61.5 Å². The second kappa shape index (κ2) is 10.5. The maximum atomic E-state index is 14.5. The maximum Gasteiger partial charge on any atom is 0.319 e. The topological polar surface area (TPSA) is 113 Å². The summed E-state index contributed by atoms with van der Waals surface area (Å²) < 4.78 is 16.2. The molecule has 0 bridgehead atoms. The molecule has 11 heteroatoms. The van der Waals surface area contributed by atoms with Gasteiger partial charge >= 0.3 is 6.03 Å². The summed E-state index contributed by atoms with van der Waals surface area (Å²) in [6.45, 7) is 3.09. The monoisotopic (exact) mass is 579 g/mol. The van der Waals surface area contributed by atoms with Crippen LogP contribution in [0.2, 0.25) is 5.02 Å². The van der Waals surface area contributed by atoms with Crippen molar-refractivity contribution in [2.24, 2.45) is 5.92 Å². The van der Waals surface area contributed by atoms with Gasteiger partial charge in [-0.1, -0.05) is 23.7 Å². The van der Waals surface area contributed by atoms with E-state index in [0.29, 0.717) is 28.6 Å². The summed E-state index contributed by atoms with van der Waals surface area (Å²) in [5, 5.41) is 9.15. The third-order valence-corrected chi connectivity index (χ3v) is 8.53. The summed E-state index contributed by atoms with van der Waals surface area (Å²) in [5.41, 5.74) is 1.94. The Morgan fingerprint density at radius 2 is 1.90 bits per heavy atom. The molecule has 4 atom stereocenters. The van der Waals surface area contributed by atoms with Crippen molar-refractivity contribution in [3.63, 3.8) is 0 Å². The van der Waals surface area contributed by atoms with Crippen LogP contribution < -0.4 is 16.0 Å². The summed E-state index contributed by atoms with van der Waals surface area (Å²) in [7, 11) is 0. The van der Waals surface area contributed by atoms with Gasteiger partial charge in [0.05, 0.1) is 11.1 Å². The Balaban J connectivity index is 1.19. The minimum absolute atomic E-state index is 0.00801. The van der Waals surface area contributed by atoms with Crippen molar-refractivity contribution in [3.8, 4) is 0 Å². The van der Waals surface area contributed by atoms with Crippen molar-refractivity contribution < 1.29 is 23.6 Å².